The van der Waals surface area contributed by atoms with Crippen molar-refractivity contribution in [3.05, 3.63) is 143 Å². The van der Waals surface area contributed by atoms with Gasteiger partial charge in [-0.05, 0) is 41.2 Å². The molecule has 0 bridgehead atoms. The summed E-state index contributed by atoms with van der Waals surface area (Å²) in [5.41, 5.74) is 6.71. The first kappa shape index (κ1) is 28.4. The van der Waals surface area contributed by atoms with Crippen LogP contribution in [-0.2, 0) is 33.8 Å². The zero-order valence-electron chi connectivity index (χ0n) is 24.3. The molecule has 1 unspecified atom stereocenters. The van der Waals surface area contributed by atoms with E-state index in [1.165, 1.54) is 10.9 Å². The molecule has 43 heavy (non-hydrogen) atoms. The molecule has 0 spiro atoms. The highest BCUT2D eigenvalue weighted by atomic mass is 16.5. The largest absolute Gasteiger partial charge is 0.367 e. The highest BCUT2D eigenvalue weighted by Crippen LogP contribution is 2.38. The maximum atomic E-state index is 13.9. The number of nitrogens with zero attached hydrogens (tertiary/aromatic N) is 2. The Labute approximate surface area is 252 Å². The van der Waals surface area contributed by atoms with Crippen molar-refractivity contribution < 1.29 is 14.3 Å². The average Bonchev–Trinajstić information content (AvgIpc) is 3.44. The Morgan fingerprint density at radius 3 is 2.19 bits per heavy atom. The van der Waals surface area contributed by atoms with Crippen molar-refractivity contribution in [2.45, 2.75) is 31.9 Å². The first-order chi connectivity index (χ1) is 21.2. The van der Waals surface area contributed by atoms with Crippen molar-refractivity contribution in [2.75, 3.05) is 26.2 Å². The van der Waals surface area contributed by atoms with Crippen LogP contribution in [0.3, 0.4) is 0 Å². The van der Waals surface area contributed by atoms with Crippen LogP contribution in [0.25, 0.3) is 10.9 Å². The Kier molecular flexibility index (Phi) is 8.95. The number of benzene rings is 4. The summed E-state index contributed by atoms with van der Waals surface area (Å²) in [4.78, 5) is 34.7. The summed E-state index contributed by atoms with van der Waals surface area (Å²) in [6.07, 6.45) is 1.75. The van der Waals surface area contributed by atoms with Gasteiger partial charge in [-0.2, -0.15) is 0 Å². The number of fused-ring (bicyclic) bond motifs is 3. The Bertz CT molecular complexity index is 1650. The highest BCUT2D eigenvalue weighted by Gasteiger charge is 2.34. The smallest absolute Gasteiger partial charge is 0.248 e. The molecule has 1 aliphatic rings. The third-order valence-corrected chi connectivity index (χ3v) is 8.27. The van der Waals surface area contributed by atoms with Gasteiger partial charge in [0, 0.05) is 42.7 Å². The van der Waals surface area contributed by atoms with Gasteiger partial charge in [-0.15, -0.1) is 0 Å². The molecule has 6 rings (SSSR count). The molecule has 218 valence electrons. The maximum Gasteiger partial charge on any atom is 0.248 e. The van der Waals surface area contributed by atoms with Crippen LogP contribution in [0.15, 0.2) is 115 Å². The van der Waals surface area contributed by atoms with Gasteiger partial charge in [-0.3, -0.25) is 9.59 Å². The second kappa shape index (κ2) is 13.5. The number of hydrogen-bond acceptors (Lipinski definition) is 3. The first-order valence-electron chi connectivity index (χ1n) is 15.0. The lowest BCUT2D eigenvalue weighted by atomic mass is 9.92. The number of carbonyl (C=O) groups excluding carboxylic acids is 2. The summed E-state index contributed by atoms with van der Waals surface area (Å²) in [6.45, 7) is 1.85. The van der Waals surface area contributed by atoms with E-state index in [1.54, 1.807) is 4.90 Å². The zero-order valence-corrected chi connectivity index (χ0v) is 24.3. The van der Waals surface area contributed by atoms with Crippen molar-refractivity contribution in [1.82, 2.24) is 14.8 Å². The molecule has 0 radical (unpaired) electrons. The second-order valence-electron chi connectivity index (χ2n) is 11.1. The molecule has 4 aromatic carbocycles. The zero-order chi connectivity index (χ0) is 29.4. The average molecular weight is 572 g/mol. The lowest BCUT2D eigenvalue weighted by molar-refractivity contribution is -0.138. The van der Waals surface area contributed by atoms with Crippen molar-refractivity contribution in [1.29, 1.82) is 0 Å². The number of aromatic amines is 1. The number of nitrogens with one attached hydrogen (secondary N) is 1. The van der Waals surface area contributed by atoms with E-state index in [2.05, 4.69) is 47.4 Å². The molecule has 1 atom stereocenters. The minimum absolute atomic E-state index is 0.0212. The number of carbonyl (C=O) groups is 2. The van der Waals surface area contributed by atoms with Gasteiger partial charge < -0.3 is 19.5 Å². The molecule has 1 aliphatic heterocycles. The Morgan fingerprint density at radius 1 is 0.791 bits per heavy atom. The Morgan fingerprint density at radius 2 is 1.44 bits per heavy atom. The standard InChI is InChI=1S/C37H37N3O3/c41-34(40-25-21-32-31-18-10-11-19-33(31)38-36(32)37(40)30-16-8-3-9-17-30)22-24-39(23-20-28-12-4-1-5-13-28)35(42)27-43-26-29-14-6-2-7-15-29/h1-19,37-38H,20-27H2. The number of para-hydroxylation sites is 1. The lowest BCUT2D eigenvalue weighted by Crippen LogP contribution is -2.43. The first-order valence-corrected chi connectivity index (χ1v) is 15.0. The third kappa shape index (κ3) is 6.71. The second-order valence-corrected chi connectivity index (χ2v) is 11.1. The Balaban J connectivity index is 1.17. The molecule has 0 saturated carbocycles. The predicted octanol–water partition coefficient (Wildman–Crippen LogP) is 6.32. The van der Waals surface area contributed by atoms with Crippen molar-refractivity contribution in [3.8, 4) is 0 Å². The van der Waals surface area contributed by atoms with Gasteiger partial charge in [0.15, 0.2) is 0 Å². The van der Waals surface area contributed by atoms with Crippen LogP contribution in [0, 0.1) is 0 Å². The monoisotopic (exact) mass is 571 g/mol. The van der Waals surface area contributed by atoms with E-state index in [4.69, 9.17) is 4.74 Å². The van der Waals surface area contributed by atoms with Crippen LogP contribution in [0.5, 0.6) is 0 Å². The molecule has 0 aliphatic carbocycles. The number of rotatable bonds is 11. The minimum atomic E-state index is -0.201. The molecule has 5 aromatic rings. The molecule has 0 saturated heterocycles. The summed E-state index contributed by atoms with van der Waals surface area (Å²) in [7, 11) is 0. The SMILES string of the molecule is O=C(COCc1ccccc1)N(CCC(=O)N1CCc2c([nH]c3ccccc23)C1c1ccccc1)CCc1ccccc1. The molecular weight excluding hydrogens is 534 g/mol. The fourth-order valence-electron chi connectivity index (χ4n) is 6.06. The predicted molar refractivity (Wildman–Crippen MR) is 169 cm³/mol. The van der Waals surface area contributed by atoms with Crippen molar-refractivity contribution >= 4 is 22.7 Å². The van der Waals surface area contributed by atoms with Crippen LogP contribution in [0.4, 0.5) is 0 Å². The van der Waals surface area contributed by atoms with E-state index in [9.17, 15) is 9.59 Å². The van der Waals surface area contributed by atoms with E-state index >= 15 is 0 Å². The van der Waals surface area contributed by atoms with Crippen LogP contribution >= 0.6 is 0 Å². The van der Waals surface area contributed by atoms with Gasteiger partial charge in [0.2, 0.25) is 11.8 Å². The van der Waals surface area contributed by atoms with E-state index in [1.807, 2.05) is 77.7 Å². The van der Waals surface area contributed by atoms with Gasteiger partial charge in [0.05, 0.1) is 12.6 Å². The van der Waals surface area contributed by atoms with Gasteiger partial charge in [0.1, 0.15) is 6.61 Å². The summed E-state index contributed by atoms with van der Waals surface area (Å²) in [6, 6.07) is 38.3. The fraction of sp³-hybridized carbons (Fsp3) is 0.243. The maximum absolute atomic E-state index is 13.9. The van der Waals surface area contributed by atoms with Crippen LogP contribution in [-0.4, -0.2) is 52.8 Å². The number of ether oxygens (including phenoxy) is 1. The topological polar surface area (TPSA) is 65.6 Å². The molecule has 6 nitrogen and oxygen atoms in total. The quantitative estimate of drug-likeness (QED) is 0.202. The van der Waals surface area contributed by atoms with Crippen LogP contribution in [0.1, 0.15) is 40.4 Å². The molecule has 0 fully saturated rings. The van der Waals surface area contributed by atoms with Crippen LogP contribution < -0.4 is 0 Å². The third-order valence-electron chi connectivity index (χ3n) is 8.27. The highest BCUT2D eigenvalue weighted by molar-refractivity contribution is 5.87. The van der Waals surface area contributed by atoms with Gasteiger partial charge in [-0.1, -0.05) is 109 Å². The van der Waals surface area contributed by atoms with Crippen molar-refractivity contribution in [2.24, 2.45) is 0 Å². The van der Waals surface area contributed by atoms with Gasteiger partial charge in [-0.25, -0.2) is 0 Å². The van der Waals surface area contributed by atoms with E-state index < -0.39 is 0 Å². The van der Waals surface area contributed by atoms with Crippen molar-refractivity contribution in [3.63, 3.8) is 0 Å². The summed E-state index contributed by atoms with van der Waals surface area (Å²) in [5.74, 6) is -0.0586. The minimum Gasteiger partial charge on any atom is -0.367 e. The van der Waals surface area contributed by atoms with Gasteiger partial charge in [0.25, 0.3) is 0 Å². The number of hydrogen-bond donors (Lipinski definition) is 1. The molecule has 2 amide bonds. The van der Waals surface area contributed by atoms with E-state index in [0.29, 0.717) is 32.7 Å². The normalized spacial score (nSPS) is 14.4. The summed E-state index contributed by atoms with van der Waals surface area (Å²) in [5, 5.41) is 1.22. The molecule has 6 heteroatoms. The summed E-state index contributed by atoms with van der Waals surface area (Å²) >= 11 is 0. The molecule has 1 N–H and O–H groups in total. The van der Waals surface area contributed by atoms with Gasteiger partial charge >= 0.3 is 0 Å². The number of amides is 2. The Hall–Kier alpha value is -4.68. The number of H-pyrrole nitrogens is 1. The summed E-state index contributed by atoms with van der Waals surface area (Å²) < 4.78 is 5.79. The van der Waals surface area contributed by atoms with E-state index in [0.717, 1.165) is 34.3 Å². The molecule has 1 aromatic heterocycles. The van der Waals surface area contributed by atoms with E-state index in [-0.39, 0.29) is 30.9 Å². The molecular formula is C37H37N3O3. The lowest BCUT2D eigenvalue weighted by Gasteiger charge is -2.37. The fourth-order valence-corrected chi connectivity index (χ4v) is 6.06. The number of aromatic nitrogens is 1. The molecule has 2 heterocycles. The van der Waals surface area contributed by atoms with Crippen LogP contribution in [0.2, 0.25) is 0 Å².